The van der Waals surface area contributed by atoms with Crippen LogP contribution in [0.3, 0.4) is 0 Å². The van der Waals surface area contributed by atoms with E-state index >= 15 is 0 Å². The van der Waals surface area contributed by atoms with E-state index in [-0.39, 0.29) is 23.1 Å². The standard InChI is InChI=1S/C27H23F3N4O2/c1-34(2)21-12-11-17-18(24(21)35)13-14-31-22(17)25(36)23-19-5-3-4-6-20(19)32-26(33-23)15-7-9-16(10-8-15)27(28,29)30/h3-12,22,31,35H,13-14H2,1-2H3. The smallest absolute Gasteiger partial charge is 0.416 e. The van der Waals surface area contributed by atoms with Gasteiger partial charge in [0.2, 0.25) is 5.78 Å². The number of anilines is 1. The van der Waals surface area contributed by atoms with E-state index in [1.807, 2.05) is 25.1 Å². The number of hydrogen-bond acceptors (Lipinski definition) is 6. The molecule has 6 nitrogen and oxygen atoms in total. The second-order valence-corrected chi connectivity index (χ2v) is 8.88. The number of aromatic hydroxyl groups is 1. The number of phenolic OH excluding ortho intramolecular Hbond substituents is 1. The number of nitrogens with one attached hydrogen (secondary N) is 1. The fourth-order valence-electron chi connectivity index (χ4n) is 4.56. The number of halogens is 3. The van der Waals surface area contributed by atoms with Crippen LogP contribution in [0.5, 0.6) is 5.75 Å². The van der Waals surface area contributed by atoms with Crippen LogP contribution in [0.15, 0.2) is 60.7 Å². The number of nitrogens with zero attached hydrogens (tertiary/aromatic N) is 3. The molecule has 3 aromatic carbocycles. The molecule has 0 spiro atoms. The number of carbonyl (C=O) groups excluding carboxylic acids is 1. The van der Waals surface area contributed by atoms with Gasteiger partial charge in [-0.1, -0.05) is 36.4 Å². The maximum absolute atomic E-state index is 13.9. The Labute approximate surface area is 205 Å². The summed E-state index contributed by atoms with van der Waals surface area (Å²) in [7, 11) is 3.67. The van der Waals surface area contributed by atoms with E-state index in [0.29, 0.717) is 46.2 Å². The van der Waals surface area contributed by atoms with E-state index in [9.17, 15) is 23.1 Å². The molecule has 0 saturated carbocycles. The maximum Gasteiger partial charge on any atom is 0.416 e. The Balaban J connectivity index is 1.61. The summed E-state index contributed by atoms with van der Waals surface area (Å²) in [5, 5.41) is 14.6. The van der Waals surface area contributed by atoms with Gasteiger partial charge in [0, 0.05) is 37.2 Å². The second kappa shape index (κ2) is 8.91. The zero-order valence-electron chi connectivity index (χ0n) is 19.6. The lowest BCUT2D eigenvalue weighted by molar-refractivity contribution is -0.137. The lowest BCUT2D eigenvalue weighted by atomic mass is 9.88. The fraction of sp³-hybridized carbons (Fsp3) is 0.222. The van der Waals surface area contributed by atoms with Gasteiger partial charge in [-0.25, -0.2) is 9.97 Å². The molecule has 36 heavy (non-hydrogen) atoms. The summed E-state index contributed by atoms with van der Waals surface area (Å²) < 4.78 is 39.1. The topological polar surface area (TPSA) is 78.4 Å². The van der Waals surface area contributed by atoms with Crippen LogP contribution in [-0.2, 0) is 12.6 Å². The molecule has 2 N–H and O–H groups in total. The molecular weight excluding hydrogens is 469 g/mol. The van der Waals surface area contributed by atoms with Gasteiger partial charge in [-0.3, -0.25) is 4.79 Å². The highest BCUT2D eigenvalue weighted by atomic mass is 19.4. The van der Waals surface area contributed by atoms with Crippen molar-refractivity contribution in [1.82, 2.24) is 15.3 Å². The summed E-state index contributed by atoms with van der Waals surface area (Å²) in [6.45, 7) is 0.489. The Morgan fingerprint density at radius 3 is 2.44 bits per heavy atom. The first-order chi connectivity index (χ1) is 17.1. The monoisotopic (exact) mass is 492 g/mol. The number of ketones is 1. The highest BCUT2D eigenvalue weighted by Gasteiger charge is 2.32. The molecule has 1 unspecified atom stereocenters. The Kier molecular flexibility index (Phi) is 5.88. The van der Waals surface area contributed by atoms with Crippen molar-refractivity contribution in [3.05, 3.63) is 83.0 Å². The predicted octanol–water partition coefficient (Wildman–Crippen LogP) is 5.16. The van der Waals surface area contributed by atoms with Crippen molar-refractivity contribution in [2.75, 3.05) is 25.5 Å². The van der Waals surface area contributed by atoms with E-state index in [2.05, 4.69) is 15.3 Å². The van der Waals surface area contributed by atoms with Crippen molar-refractivity contribution >= 4 is 22.4 Å². The van der Waals surface area contributed by atoms with E-state index in [0.717, 1.165) is 12.1 Å². The number of carbonyl (C=O) groups is 1. The predicted molar refractivity (Wildman–Crippen MR) is 131 cm³/mol. The van der Waals surface area contributed by atoms with Crippen molar-refractivity contribution in [2.45, 2.75) is 18.6 Å². The Bertz CT molecular complexity index is 1470. The Hall–Kier alpha value is -3.98. The summed E-state index contributed by atoms with van der Waals surface area (Å²) >= 11 is 0. The van der Waals surface area contributed by atoms with E-state index < -0.39 is 17.8 Å². The first kappa shape index (κ1) is 23.7. The van der Waals surface area contributed by atoms with Crippen LogP contribution in [0.4, 0.5) is 18.9 Å². The number of alkyl halides is 3. The van der Waals surface area contributed by atoms with Gasteiger partial charge in [0.1, 0.15) is 11.4 Å². The van der Waals surface area contributed by atoms with Gasteiger partial charge in [0.15, 0.2) is 5.82 Å². The van der Waals surface area contributed by atoms with Crippen molar-refractivity contribution in [3.63, 3.8) is 0 Å². The van der Waals surface area contributed by atoms with Crippen LogP contribution < -0.4 is 10.2 Å². The van der Waals surface area contributed by atoms with Crippen LogP contribution >= 0.6 is 0 Å². The molecule has 0 saturated heterocycles. The molecule has 0 radical (unpaired) electrons. The quantitative estimate of drug-likeness (QED) is 0.384. The van der Waals surface area contributed by atoms with Crippen LogP contribution in [0, 0.1) is 0 Å². The highest BCUT2D eigenvalue weighted by molar-refractivity contribution is 6.09. The number of para-hydroxylation sites is 1. The summed E-state index contributed by atoms with van der Waals surface area (Å²) in [6, 6.07) is 14.4. The lowest BCUT2D eigenvalue weighted by Crippen LogP contribution is -2.36. The summed E-state index contributed by atoms with van der Waals surface area (Å²) in [4.78, 5) is 24.7. The SMILES string of the molecule is CN(C)c1ccc2c(c1O)CCNC2C(=O)c1nc(-c2ccc(C(F)(F)F)cc2)nc2ccccc12. The minimum Gasteiger partial charge on any atom is -0.505 e. The number of fused-ring (bicyclic) bond motifs is 2. The third kappa shape index (κ3) is 4.15. The first-order valence-electron chi connectivity index (χ1n) is 11.4. The second-order valence-electron chi connectivity index (χ2n) is 8.88. The Morgan fingerprint density at radius 2 is 1.75 bits per heavy atom. The molecule has 2 heterocycles. The van der Waals surface area contributed by atoms with Gasteiger partial charge in [-0.15, -0.1) is 0 Å². The molecule has 0 amide bonds. The third-order valence-corrected chi connectivity index (χ3v) is 6.38. The first-order valence-corrected chi connectivity index (χ1v) is 11.4. The number of hydrogen-bond donors (Lipinski definition) is 2. The van der Waals surface area contributed by atoms with Crippen LogP contribution in [0.2, 0.25) is 0 Å². The highest BCUT2D eigenvalue weighted by Crippen LogP contribution is 2.38. The number of aromatic nitrogens is 2. The van der Waals surface area contributed by atoms with E-state index in [1.165, 1.54) is 12.1 Å². The molecule has 0 fully saturated rings. The van der Waals surface area contributed by atoms with Crippen molar-refractivity contribution in [1.29, 1.82) is 0 Å². The average Bonchev–Trinajstić information content (AvgIpc) is 2.87. The third-order valence-electron chi connectivity index (χ3n) is 6.38. The van der Waals surface area contributed by atoms with Crippen LogP contribution in [0.25, 0.3) is 22.3 Å². The fourth-order valence-corrected chi connectivity index (χ4v) is 4.56. The van der Waals surface area contributed by atoms with Crippen molar-refractivity contribution < 1.29 is 23.1 Å². The van der Waals surface area contributed by atoms with Crippen LogP contribution in [0.1, 0.15) is 33.2 Å². The zero-order valence-corrected chi connectivity index (χ0v) is 19.6. The van der Waals surface area contributed by atoms with Gasteiger partial charge in [0.25, 0.3) is 0 Å². The van der Waals surface area contributed by atoms with E-state index in [4.69, 9.17) is 0 Å². The normalized spacial score (nSPS) is 15.5. The molecule has 5 rings (SSSR count). The number of rotatable bonds is 4. The molecule has 1 aromatic heterocycles. The minimum atomic E-state index is -4.46. The number of Topliss-reactive ketones (excluding diaryl/α,β-unsaturated/α-hetero) is 1. The lowest BCUT2D eigenvalue weighted by Gasteiger charge is -2.28. The molecule has 1 atom stereocenters. The molecule has 9 heteroatoms. The van der Waals surface area contributed by atoms with E-state index in [1.54, 1.807) is 30.3 Å². The Morgan fingerprint density at radius 1 is 1.03 bits per heavy atom. The molecular formula is C27H23F3N4O2. The van der Waals surface area contributed by atoms with Gasteiger partial charge < -0.3 is 15.3 Å². The molecule has 1 aliphatic heterocycles. The van der Waals surface area contributed by atoms with Gasteiger partial charge in [-0.05, 0) is 36.2 Å². The zero-order chi connectivity index (χ0) is 25.6. The number of benzene rings is 3. The van der Waals surface area contributed by atoms with Gasteiger partial charge in [-0.2, -0.15) is 13.2 Å². The van der Waals surface area contributed by atoms with Gasteiger partial charge in [0.05, 0.1) is 22.8 Å². The van der Waals surface area contributed by atoms with Crippen LogP contribution in [-0.4, -0.2) is 41.5 Å². The largest absolute Gasteiger partial charge is 0.505 e. The summed E-state index contributed by atoms with van der Waals surface area (Å²) in [5.74, 6) is 0.00196. The summed E-state index contributed by atoms with van der Waals surface area (Å²) in [6.07, 6.45) is -3.89. The molecule has 0 bridgehead atoms. The van der Waals surface area contributed by atoms with Crippen molar-refractivity contribution in [3.8, 4) is 17.1 Å². The average molecular weight is 493 g/mol. The molecule has 184 valence electrons. The summed E-state index contributed by atoms with van der Waals surface area (Å²) in [5.41, 5.74) is 2.31. The molecule has 0 aliphatic carbocycles. The minimum absolute atomic E-state index is 0.148. The number of phenols is 1. The molecule has 4 aromatic rings. The van der Waals surface area contributed by atoms with Crippen molar-refractivity contribution in [2.24, 2.45) is 0 Å². The van der Waals surface area contributed by atoms with Gasteiger partial charge >= 0.3 is 6.18 Å². The molecule has 1 aliphatic rings. The maximum atomic E-state index is 13.9.